The fraction of sp³-hybridized carbons (Fsp3) is 0.250. The van der Waals surface area contributed by atoms with Gasteiger partial charge in [-0.25, -0.2) is 4.39 Å². The Hall–Kier alpha value is 0.0997. The van der Waals surface area contributed by atoms with Crippen LogP contribution in [0.4, 0.5) is 4.39 Å². The van der Waals surface area contributed by atoms with Crippen molar-refractivity contribution in [3.63, 3.8) is 0 Å². The maximum Gasteiger partial charge on any atom is 0.123 e. The van der Waals surface area contributed by atoms with Crippen LogP contribution >= 0.6 is 15.9 Å². The third-order valence-electron chi connectivity index (χ3n) is 2.89. The molecule has 1 aliphatic rings. The second-order valence-corrected chi connectivity index (χ2v) is 4.74. The third kappa shape index (κ3) is 2.46. The molecule has 0 unspecified atom stereocenters. The summed E-state index contributed by atoms with van der Waals surface area (Å²) < 4.78 is 15.9. The summed E-state index contributed by atoms with van der Waals surface area (Å²) in [4.78, 5) is 0. The van der Waals surface area contributed by atoms with E-state index >= 15 is 0 Å². The summed E-state index contributed by atoms with van der Waals surface area (Å²) in [7, 11) is 0. The minimum absolute atomic E-state index is 0. The fourth-order valence-electron chi connectivity index (χ4n) is 2.09. The molecular formula is C12H10ArBrFN2. The van der Waals surface area contributed by atoms with E-state index in [2.05, 4.69) is 21.0 Å². The zero-order valence-corrected chi connectivity index (χ0v) is 11.2. The van der Waals surface area contributed by atoms with E-state index in [0.29, 0.717) is 0 Å². The van der Waals surface area contributed by atoms with Gasteiger partial charge in [-0.05, 0) is 53.0 Å². The van der Waals surface area contributed by atoms with Crippen LogP contribution in [0.5, 0.6) is 0 Å². The van der Waals surface area contributed by atoms with Crippen LogP contribution < -0.4 is 0 Å². The number of aryl methyl sites for hydroxylation is 1. The van der Waals surface area contributed by atoms with E-state index in [-0.39, 0.29) is 43.6 Å². The quantitative estimate of drug-likeness (QED) is 0.787. The van der Waals surface area contributed by atoms with Crippen molar-refractivity contribution in [3.8, 4) is 11.3 Å². The number of benzene rings is 1. The number of hydrogen-bond donors (Lipinski definition) is 0. The van der Waals surface area contributed by atoms with Gasteiger partial charge in [0.15, 0.2) is 0 Å². The van der Waals surface area contributed by atoms with Crippen molar-refractivity contribution in [2.24, 2.45) is 0 Å². The van der Waals surface area contributed by atoms with Crippen LogP contribution in [0, 0.1) is 43.6 Å². The largest absolute Gasteiger partial charge is 0.268 e. The van der Waals surface area contributed by atoms with Gasteiger partial charge in [0.25, 0.3) is 0 Å². The molecule has 2 heterocycles. The van der Waals surface area contributed by atoms with Crippen LogP contribution in [-0.2, 0) is 13.0 Å². The summed E-state index contributed by atoms with van der Waals surface area (Å²) in [5.41, 5.74) is 3.12. The number of nitrogens with zero attached hydrogens (tertiary/aromatic N) is 2. The summed E-state index contributed by atoms with van der Waals surface area (Å²) in [6.45, 7) is 0.981. The van der Waals surface area contributed by atoms with Gasteiger partial charge in [0.1, 0.15) is 11.5 Å². The second kappa shape index (κ2) is 5.39. The molecule has 90 valence electrons. The van der Waals surface area contributed by atoms with Crippen LogP contribution in [0.15, 0.2) is 28.7 Å². The number of halogens is 2. The monoisotopic (exact) mass is 320 g/mol. The summed E-state index contributed by atoms with van der Waals surface area (Å²) >= 11 is 3.58. The second-order valence-electron chi connectivity index (χ2n) is 3.94. The third-order valence-corrected chi connectivity index (χ3v) is 3.73. The molecule has 3 rings (SSSR count). The molecule has 0 radical (unpaired) electrons. The smallest absolute Gasteiger partial charge is 0.123 e. The van der Waals surface area contributed by atoms with E-state index < -0.39 is 0 Å². The first kappa shape index (κ1) is 13.5. The number of rotatable bonds is 1. The minimum atomic E-state index is -0.216. The maximum absolute atomic E-state index is 12.8. The van der Waals surface area contributed by atoms with Crippen molar-refractivity contribution in [3.05, 3.63) is 40.2 Å². The van der Waals surface area contributed by atoms with Crippen LogP contribution in [-0.4, -0.2) is 9.78 Å². The molecule has 0 fully saturated rings. The number of aromatic nitrogens is 2. The molecule has 0 aliphatic carbocycles. The topological polar surface area (TPSA) is 17.8 Å². The van der Waals surface area contributed by atoms with Gasteiger partial charge in [-0.2, -0.15) is 5.10 Å². The molecule has 0 bridgehead atoms. The number of fused-ring (bicyclic) bond motifs is 1. The van der Waals surface area contributed by atoms with E-state index in [1.54, 1.807) is 12.1 Å². The van der Waals surface area contributed by atoms with Crippen molar-refractivity contribution >= 4 is 15.9 Å². The van der Waals surface area contributed by atoms with Gasteiger partial charge in [-0.3, -0.25) is 4.68 Å². The zero-order valence-electron chi connectivity index (χ0n) is 8.93. The van der Waals surface area contributed by atoms with E-state index in [4.69, 9.17) is 0 Å². The predicted octanol–water partition coefficient (Wildman–Crippen LogP) is 3.40. The normalized spacial score (nSPS) is 13.3. The molecule has 0 saturated heterocycles. The molecule has 2 nitrogen and oxygen atoms in total. The van der Waals surface area contributed by atoms with Gasteiger partial charge in [0.2, 0.25) is 0 Å². The molecule has 0 saturated carbocycles. The van der Waals surface area contributed by atoms with Crippen molar-refractivity contribution < 1.29 is 42.1 Å². The average molecular weight is 321 g/mol. The molecule has 0 N–H and O–H groups in total. The van der Waals surface area contributed by atoms with Crippen LogP contribution in [0.2, 0.25) is 0 Å². The summed E-state index contributed by atoms with van der Waals surface area (Å²) in [5.74, 6) is -0.216. The van der Waals surface area contributed by atoms with E-state index in [1.807, 2.05) is 4.68 Å². The van der Waals surface area contributed by atoms with E-state index in [1.165, 1.54) is 17.8 Å². The Morgan fingerprint density at radius 2 is 1.94 bits per heavy atom. The standard InChI is InChI=1S/C12H10BrFN2.Ar/c13-11-10-2-1-7-16(10)15-12(11)8-3-5-9(14)6-4-8;/h3-6H,1-2,7H2;. The molecule has 0 spiro atoms. The Kier molecular flexibility index (Phi) is 4.29. The Morgan fingerprint density at radius 1 is 1.24 bits per heavy atom. The first-order valence-corrected chi connectivity index (χ1v) is 6.06. The Morgan fingerprint density at radius 3 is 2.59 bits per heavy atom. The fourth-order valence-corrected chi connectivity index (χ4v) is 2.80. The van der Waals surface area contributed by atoms with E-state index in [0.717, 1.165) is 35.1 Å². The summed E-state index contributed by atoms with van der Waals surface area (Å²) in [5, 5.41) is 4.54. The van der Waals surface area contributed by atoms with Gasteiger partial charge in [-0.15, -0.1) is 0 Å². The van der Waals surface area contributed by atoms with Gasteiger partial charge in [-0.1, -0.05) is 0 Å². The van der Waals surface area contributed by atoms with Crippen molar-refractivity contribution in [1.82, 2.24) is 9.78 Å². The molecule has 17 heavy (non-hydrogen) atoms. The Balaban J connectivity index is 0.00000108. The van der Waals surface area contributed by atoms with Gasteiger partial charge in [0, 0.05) is 49.8 Å². The number of hydrogen-bond acceptors (Lipinski definition) is 1. The SMILES string of the molecule is Fc1ccc(-c2nn3c(c2Br)CCC3)cc1.[Ar]. The molecule has 0 amide bonds. The summed E-state index contributed by atoms with van der Waals surface area (Å²) in [6, 6.07) is 6.45. The Labute approximate surface area is 137 Å². The molecule has 2 aromatic rings. The minimum Gasteiger partial charge on any atom is -0.268 e. The zero-order chi connectivity index (χ0) is 11.1. The van der Waals surface area contributed by atoms with Crippen LogP contribution in [0.25, 0.3) is 11.3 Å². The van der Waals surface area contributed by atoms with Gasteiger partial charge >= 0.3 is 0 Å². The first-order valence-electron chi connectivity index (χ1n) is 5.27. The average Bonchev–Trinajstić information content (AvgIpc) is 2.84. The van der Waals surface area contributed by atoms with Crippen LogP contribution in [0.1, 0.15) is 12.1 Å². The molecule has 0 atom stereocenters. The van der Waals surface area contributed by atoms with Crippen molar-refractivity contribution in [2.45, 2.75) is 19.4 Å². The van der Waals surface area contributed by atoms with Crippen molar-refractivity contribution in [1.29, 1.82) is 0 Å². The van der Waals surface area contributed by atoms with Crippen molar-refractivity contribution in [2.75, 3.05) is 0 Å². The molecule has 5 heteroatoms. The molecule has 1 aliphatic heterocycles. The first-order chi connectivity index (χ1) is 7.75. The van der Waals surface area contributed by atoms with E-state index in [9.17, 15) is 4.39 Å². The Bertz CT molecular complexity index is 536. The van der Waals surface area contributed by atoms with Crippen LogP contribution in [0.3, 0.4) is 0 Å². The molecular weight excluding hydrogens is 311 g/mol. The van der Waals surface area contributed by atoms with Gasteiger partial charge < -0.3 is 0 Å². The maximum atomic E-state index is 12.8. The van der Waals surface area contributed by atoms with Gasteiger partial charge in [0.05, 0.1) is 10.2 Å². The molecule has 1 aromatic carbocycles. The predicted molar refractivity (Wildman–Crippen MR) is 63.6 cm³/mol. The summed E-state index contributed by atoms with van der Waals surface area (Å²) in [6.07, 6.45) is 2.22. The molecule has 1 aromatic heterocycles.